The van der Waals surface area contributed by atoms with Gasteiger partial charge in [-0.3, -0.25) is 19.1 Å². The summed E-state index contributed by atoms with van der Waals surface area (Å²) in [7, 11) is 0. The molecule has 2 N–H and O–H groups in total. The fourth-order valence-corrected chi connectivity index (χ4v) is 6.48. The topological polar surface area (TPSA) is 129 Å². The van der Waals surface area contributed by atoms with Gasteiger partial charge in [-0.25, -0.2) is 0 Å². The van der Waals surface area contributed by atoms with Crippen molar-refractivity contribution in [1.82, 2.24) is 0 Å². The van der Waals surface area contributed by atoms with Crippen molar-refractivity contribution in [2.24, 2.45) is 22.7 Å². The van der Waals surface area contributed by atoms with Crippen LogP contribution in [-0.2, 0) is 33.3 Å². The molecule has 1 spiro atoms. The molecule has 206 valence electrons. The number of rotatable bonds is 9. The molecule has 1 heterocycles. The Morgan fingerprint density at radius 2 is 1.81 bits per heavy atom. The highest BCUT2D eigenvalue weighted by molar-refractivity contribution is 5.70. The number of allylic oxidation sites excluding steroid dienone is 2. The Kier molecular flexibility index (Phi) is 8.71. The predicted octanol–water partition coefficient (Wildman–Crippen LogP) is 3.34. The van der Waals surface area contributed by atoms with Crippen molar-refractivity contribution in [2.45, 2.75) is 97.6 Å². The molecule has 0 aromatic heterocycles. The molecule has 9 atom stereocenters. The third kappa shape index (κ3) is 5.13. The minimum absolute atomic E-state index is 0.240. The van der Waals surface area contributed by atoms with Gasteiger partial charge in [0.1, 0.15) is 6.10 Å². The van der Waals surface area contributed by atoms with E-state index >= 15 is 0 Å². The number of aliphatic hydroxyl groups is 2. The average molecular weight is 521 g/mol. The normalized spacial score (nSPS) is 38.5. The summed E-state index contributed by atoms with van der Waals surface area (Å²) in [4.78, 5) is 36.6. The highest BCUT2D eigenvalue weighted by Gasteiger charge is 2.73. The van der Waals surface area contributed by atoms with Crippen LogP contribution >= 0.6 is 0 Å². The molecule has 37 heavy (non-hydrogen) atoms. The maximum absolute atomic E-state index is 12.5. The van der Waals surface area contributed by atoms with Crippen molar-refractivity contribution in [3.05, 3.63) is 36.5 Å². The van der Waals surface area contributed by atoms with E-state index in [1.165, 1.54) is 13.8 Å². The van der Waals surface area contributed by atoms with Gasteiger partial charge in [0, 0.05) is 25.8 Å². The molecule has 0 radical (unpaired) electrons. The summed E-state index contributed by atoms with van der Waals surface area (Å²) < 4.78 is 22.8. The van der Waals surface area contributed by atoms with E-state index in [0.717, 1.165) is 5.57 Å². The van der Waals surface area contributed by atoms with Crippen LogP contribution in [0.2, 0.25) is 0 Å². The van der Waals surface area contributed by atoms with Crippen molar-refractivity contribution >= 4 is 17.9 Å². The molecule has 1 saturated carbocycles. The number of aliphatic hydroxyl groups excluding tert-OH is 2. The van der Waals surface area contributed by atoms with Gasteiger partial charge in [0.15, 0.2) is 0 Å². The van der Waals surface area contributed by atoms with Crippen LogP contribution in [-0.4, -0.2) is 59.0 Å². The smallest absolute Gasteiger partial charge is 0.306 e. The Labute approximate surface area is 218 Å². The van der Waals surface area contributed by atoms with E-state index < -0.39 is 65.5 Å². The molecule has 0 bridgehead atoms. The van der Waals surface area contributed by atoms with Crippen LogP contribution < -0.4 is 0 Å². The van der Waals surface area contributed by atoms with Gasteiger partial charge in [-0.05, 0) is 49.0 Å². The van der Waals surface area contributed by atoms with Crippen LogP contribution in [0.15, 0.2) is 36.5 Å². The minimum Gasteiger partial charge on any atom is -0.458 e. The first-order chi connectivity index (χ1) is 17.3. The van der Waals surface area contributed by atoms with Crippen LogP contribution in [0.3, 0.4) is 0 Å². The fourth-order valence-electron chi connectivity index (χ4n) is 6.48. The maximum Gasteiger partial charge on any atom is 0.306 e. The Hall–Kier alpha value is -2.49. The van der Waals surface area contributed by atoms with Gasteiger partial charge in [-0.15, -0.1) is 0 Å². The molecular formula is C28H40O9. The number of carbonyl (C=O) groups is 3. The summed E-state index contributed by atoms with van der Waals surface area (Å²) in [6, 6.07) is 0. The van der Waals surface area contributed by atoms with Gasteiger partial charge in [0.05, 0.1) is 17.6 Å². The molecule has 2 aliphatic carbocycles. The van der Waals surface area contributed by atoms with Gasteiger partial charge in [-0.1, -0.05) is 45.6 Å². The number of carbonyl (C=O) groups excluding carboxylic acids is 3. The summed E-state index contributed by atoms with van der Waals surface area (Å²) in [6.07, 6.45) is -0.362. The molecule has 9 nitrogen and oxygen atoms in total. The lowest BCUT2D eigenvalue weighted by atomic mass is 9.44. The van der Waals surface area contributed by atoms with Crippen molar-refractivity contribution in [3.63, 3.8) is 0 Å². The standard InChI is InChI=1S/C28H40O9/c1-8-10-22(31)36-19-13-20-25(34-17(5)29)37-26(35-18(6)30)28(20)21(14-19)27(7,12-11-15(3)9-2)16(4)23(32)24(28)33/h9,13,16,19,21,23-26,32-33H,2-3,8,10-12,14H2,1,4-7H3/t16-,19+,21+,23-,24+,25+,26-,27-,28-/m1/s1. The Balaban J connectivity index is 2.23. The molecular weight excluding hydrogens is 480 g/mol. The summed E-state index contributed by atoms with van der Waals surface area (Å²) in [5, 5.41) is 23.1. The molecule has 3 rings (SSSR count). The van der Waals surface area contributed by atoms with Gasteiger partial charge in [0.2, 0.25) is 12.6 Å². The molecule has 0 unspecified atom stereocenters. The summed E-state index contributed by atoms with van der Waals surface area (Å²) in [6.45, 7) is 16.0. The average Bonchev–Trinajstić information content (AvgIpc) is 3.11. The van der Waals surface area contributed by atoms with Gasteiger partial charge >= 0.3 is 17.9 Å². The van der Waals surface area contributed by atoms with E-state index in [1.807, 2.05) is 20.8 Å². The zero-order chi connectivity index (χ0) is 27.7. The molecule has 1 saturated heterocycles. The highest BCUT2D eigenvalue weighted by Crippen LogP contribution is 2.67. The summed E-state index contributed by atoms with van der Waals surface area (Å²) >= 11 is 0. The monoisotopic (exact) mass is 520 g/mol. The number of ether oxygens (including phenoxy) is 4. The second kappa shape index (κ2) is 11.1. The van der Waals surface area contributed by atoms with Crippen LogP contribution in [0.25, 0.3) is 0 Å². The van der Waals surface area contributed by atoms with E-state index in [2.05, 4.69) is 13.2 Å². The first-order valence-electron chi connectivity index (χ1n) is 12.9. The van der Waals surface area contributed by atoms with Gasteiger partial charge in [0.25, 0.3) is 0 Å². The zero-order valence-corrected chi connectivity index (χ0v) is 22.4. The number of hydrogen-bond acceptors (Lipinski definition) is 9. The quantitative estimate of drug-likeness (QED) is 0.204. The maximum atomic E-state index is 12.5. The van der Waals surface area contributed by atoms with E-state index in [-0.39, 0.29) is 18.8 Å². The first kappa shape index (κ1) is 29.1. The fraction of sp³-hybridized carbons (Fsp3) is 0.679. The molecule has 1 aliphatic heterocycles. The molecule has 2 fully saturated rings. The SMILES string of the molecule is C=CC(=C)CC[C@]1(C)[C@H](C)[C@@H](O)[C@H](O)[C@@]23C(=C[C@H](OC(=O)CCC)C[C@@H]12)[C@@H](OC(C)=O)O[C@H]3OC(C)=O. The van der Waals surface area contributed by atoms with Crippen molar-refractivity contribution < 1.29 is 43.5 Å². The Bertz CT molecular complexity index is 971. The summed E-state index contributed by atoms with van der Waals surface area (Å²) in [5.41, 5.74) is -0.952. The number of hydrogen-bond donors (Lipinski definition) is 2. The molecule has 0 aromatic rings. The highest BCUT2D eigenvalue weighted by atomic mass is 16.8. The zero-order valence-electron chi connectivity index (χ0n) is 22.4. The van der Waals surface area contributed by atoms with Gasteiger partial charge < -0.3 is 24.4 Å². The molecule has 0 amide bonds. The third-order valence-electron chi connectivity index (χ3n) is 8.52. The second-order valence-electron chi connectivity index (χ2n) is 10.7. The van der Waals surface area contributed by atoms with E-state index in [1.54, 1.807) is 12.2 Å². The lowest BCUT2D eigenvalue weighted by Gasteiger charge is -2.62. The van der Waals surface area contributed by atoms with Gasteiger partial charge in [-0.2, -0.15) is 0 Å². The largest absolute Gasteiger partial charge is 0.458 e. The lowest BCUT2D eigenvalue weighted by molar-refractivity contribution is -0.274. The van der Waals surface area contributed by atoms with E-state index in [9.17, 15) is 24.6 Å². The first-order valence-corrected chi connectivity index (χ1v) is 12.9. The Morgan fingerprint density at radius 1 is 1.16 bits per heavy atom. The van der Waals surface area contributed by atoms with Crippen molar-refractivity contribution in [3.8, 4) is 0 Å². The van der Waals surface area contributed by atoms with E-state index in [0.29, 0.717) is 24.8 Å². The van der Waals surface area contributed by atoms with E-state index in [4.69, 9.17) is 18.9 Å². The molecule has 9 heteroatoms. The van der Waals surface area contributed by atoms with Crippen LogP contribution in [0, 0.1) is 22.7 Å². The van der Waals surface area contributed by atoms with Crippen LogP contribution in [0.1, 0.15) is 66.7 Å². The third-order valence-corrected chi connectivity index (χ3v) is 8.52. The summed E-state index contributed by atoms with van der Waals surface area (Å²) in [5.74, 6) is -2.55. The van der Waals surface area contributed by atoms with Crippen molar-refractivity contribution in [2.75, 3.05) is 0 Å². The lowest BCUT2D eigenvalue weighted by Crippen LogP contribution is -2.68. The molecule has 0 aromatic carbocycles. The van der Waals surface area contributed by atoms with Crippen molar-refractivity contribution in [1.29, 1.82) is 0 Å². The number of esters is 3. The van der Waals surface area contributed by atoms with Crippen LogP contribution in [0.5, 0.6) is 0 Å². The predicted molar refractivity (Wildman–Crippen MR) is 133 cm³/mol. The Morgan fingerprint density at radius 3 is 2.38 bits per heavy atom. The minimum atomic E-state index is -1.43. The second-order valence-corrected chi connectivity index (χ2v) is 10.7. The van der Waals surface area contributed by atoms with Crippen LogP contribution in [0.4, 0.5) is 0 Å². The molecule has 3 aliphatic rings.